The lowest BCUT2D eigenvalue weighted by molar-refractivity contribution is 0.0184. The van der Waals surface area contributed by atoms with Crippen LogP contribution in [0.2, 0.25) is 5.02 Å². The Bertz CT molecular complexity index is 780. The Morgan fingerprint density at radius 1 is 1.30 bits per heavy atom. The number of hydrogen-bond acceptors (Lipinski definition) is 5. The third-order valence-corrected chi connectivity index (χ3v) is 4.62. The molecular formula is C20H24ClN3O3. The minimum absolute atomic E-state index is 0.136. The van der Waals surface area contributed by atoms with Gasteiger partial charge in [-0.25, -0.2) is 9.78 Å². The molecule has 1 fully saturated rings. The molecule has 0 radical (unpaired) electrons. The molecule has 0 N–H and O–H groups in total. The maximum absolute atomic E-state index is 12.7. The molecule has 2 atom stereocenters. The van der Waals surface area contributed by atoms with Crippen molar-refractivity contribution in [2.75, 3.05) is 13.2 Å². The van der Waals surface area contributed by atoms with Gasteiger partial charge in [-0.2, -0.15) is 0 Å². The SMILES string of the molecule is CC(C)(C)OC(=O)N1CC(c2cccnc2)C[C@@H]1COc1ncccc1Cl. The van der Waals surface area contributed by atoms with Crippen LogP contribution in [0, 0.1) is 0 Å². The number of carbonyl (C=O) groups is 1. The van der Waals surface area contributed by atoms with Crippen molar-refractivity contribution >= 4 is 17.7 Å². The molecular weight excluding hydrogens is 366 g/mol. The number of carbonyl (C=O) groups excluding carboxylic acids is 1. The molecule has 7 heteroatoms. The second-order valence-electron chi connectivity index (χ2n) is 7.61. The Balaban J connectivity index is 1.75. The summed E-state index contributed by atoms with van der Waals surface area (Å²) in [6.07, 6.45) is 5.63. The summed E-state index contributed by atoms with van der Waals surface area (Å²) >= 11 is 6.12. The number of aromatic nitrogens is 2. The van der Waals surface area contributed by atoms with Gasteiger partial charge in [0.15, 0.2) is 0 Å². The van der Waals surface area contributed by atoms with Crippen LogP contribution in [0.15, 0.2) is 42.9 Å². The number of likely N-dealkylation sites (tertiary alicyclic amines) is 1. The summed E-state index contributed by atoms with van der Waals surface area (Å²) in [6, 6.07) is 7.27. The summed E-state index contributed by atoms with van der Waals surface area (Å²) < 4.78 is 11.4. The highest BCUT2D eigenvalue weighted by Crippen LogP contribution is 2.33. The van der Waals surface area contributed by atoms with Crippen LogP contribution in [0.5, 0.6) is 5.88 Å². The molecule has 1 saturated heterocycles. The molecule has 0 spiro atoms. The van der Waals surface area contributed by atoms with Gasteiger partial charge in [-0.05, 0) is 51.0 Å². The largest absolute Gasteiger partial charge is 0.474 e. The van der Waals surface area contributed by atoms with E-state index in [0.29, 0.717) is 24.1 Å². The minimum Gasteiger partial charge on any atom is -0.474 e. The molecule has 3 rings (SSSR count). The lowest BCUT2D eigenvalue weighted by Gasteiger charge is -2.28. The third-order valence-electron chi connectivity index (χ3n) is 4.34. The molecule has 0 aromatic carbocycles. The monoisotopic (exact) mass is 389 g/mol. The van der Waals surface area contributed by atoms with Crippen molar-refractivity contribution in [3.63, 3.8) is 0 Å². The molecule has 1 aliphatic rings. The average molecular weight is 390 g/mol. The Morgan fingerprint density at radius 3 is 2.74 bits per heavy atom. The Hall–Kier alpha value is -2.34. The van der Waals surface area contributed by atoms with Gasteiger partial charge in [-0.1, -0.05) is 17.7 Å². The molecule has 27 heavy (non-hydrogen) atoms. The average Bonchev–Trinajstić information content (AvgIpc) is 3.05. The molecule has 1 unspecified atom stereocenters. The van der Waals surface area contributed by atoms with E-state index in [1.165, 1.54) is 0 Å². The number of rotatable bonds is 4. The number of pyridine rings is 2. The summed E-state index contributed by atoms with van der Waals surface area (Å²) in [6.45, 7) is 6.44. The summed E-state index contributed by atoms with van der Waals surface area (Å²) in [4.78, 5) is 22.8. The maximum atomic E-state index is 12.7. The van der Waals surface area contributed by atoms with Gasteiger partial charge in [0.1, 0.15) is 17.2 Å². The van der Waals surface area contributed by atoms with Crippen molar-refractivity contribution in [1.29, 1.82) is 0 Å². The predicted molar refractivity (Wildman–Crippen MR) is 103 cm³/mol. The van der Waals surface area contributed by atoms with E-state index in [4.69, 9.17) is 21.1 Å². The number of amides is 1. The molecule has 0 saturated carbocycles. The second kappa shape index (κ2) is 8.13. The third kappa shape index (κ3) is 5.10. The molecule has 1 aliphatic heterocycles. The standard InChI is InChI=1S/C20H24ClN3O3/c1-20(2,3)27-19(25)24-12-15(14-6-4-8-22-11-14)10-16(24)13-26-18-17(21)7-5-9-23-18/h4-9,11,15-16H,10,12-13H2,1-3H3/t15?,16-/m1/s1. The van der Waals surface area contributed by atoms with Gasteiger partial charge < -0.3 is 14.4 Å². The Morgan fingerprint density at radius 2 is 2.07 bits per heavy atom. The fourth-order valence-electron chi connectivity index (χ4n) is 3.13. The van der Waals surface area contributed by atoms with Crippen LogP contribution in [0.4, 0.5) is 4.79 Å². The summed E-state index contributed by atoms with van der Waals surface area (Å²) in [5, 5.41) is 0.447. The fourth-order valence-corrected chi connectivity index (χ4v) is 3.31. The lowest BCUT2D eigenvalue weighted by Crippen LogP contribution is -2.42. The zero-order valence-electron chi connectivity index (χ0n) is 15.8. The van der Waals surface area contributed by atoms with E-state index in [0.717, 1.165) is 12.0 Å². The van der Waals surface area contributed by atoms with Crippen LogP contribution in [-0.4, -0.2) is 45.8 Å². The van der Waals surface area contributed by atoms with E-state index >= 15 is 0 Å². The van der Waals surface area contributed by atoms with Crippen molar-refractivity contribution in [3.8, 4) is 5.88 Å². The van der Waals surface area contributed by atoms with Crippen molar-refractivity contribution in [2.45, 2.75) is 44.8 Å². The Labute approximate surface area is 164 Å². The highest BCUT2D eigenvalue weighted by atomic mass is 35.5. The number of halogens is 1. The first-order valence-corrected chi connectivity index (χ1v) is 9.34. The summed E-state index contributed by atoms with van der Waals surface area (Å²) in [5.41, 5.74) is 0.545. The van der Waals surface area contributed by atoms with Gasteiger partial charge in [0.2, 0.25) is 5.88 Å². The highest BCUT2D eigenvalue weighted by Gasteiger charge is 2.38. The maximum Gasteiger partial charge on any atom is 0.410 e. The van der Waals surface area contributed by atoms with Gasteiger partial charge in [0.25, 0.3) is 0 Å². The molecule has 2 aromatic heterocycles. The van der Waals surface area contributed by atoms with E-state index in [2.05, 4.69) is 9.97 Å². The first kappa shape index (κ1) is 19.4. The van der Waals surface area contributed by atoms with Crippen LogP contribution in [0.25, 0.3) is 0 Å². The van der Waals surface area contributed by atoms with E-state index in [-0.39, 0.29) is 18.1 Å². The minimum atomic E-state index is -0.556. The molecule has 1 amide bonds. The quantitative estimate of drug-likeness (QED) is 0.779. The number of hydrogen-bond donors (Lipinski definition) is 0. The summed E-state index contributed by atoms with van der Waals surface area (Å²) in [5.74, 6) is 0.548. The summed E-state index contributed by atoms with van der Waals surface area (Å²) in [7, 11) is 0. The molecule has 0 bridgehead atoms. The van der Waals surface area contributed by atoms with E-state index < -0.39 is 5.60 Å². The van der Waals surface area contributed by atoms with E-state index in [1.54, 1.807) is 29.4 Å². The van der Waals surface area contributed by atoms with Gasteiger partial charge in [-0.3, -0.25) is 4.98 Å². The van der Waals surface area contributed by atoms with Crippen molar-refractivity contribution in [2.24, 2.45) is 0 Å². The number of ether oxygens (including phenoxy) is 2. The Kier molecular flexibility index (Phi) is 5.85. The topological polar surface area (TPSA) is 64.5 Å². The van der Waals surface area contributed by atoms with Gasteiger partial charge in [0, 0.05) is 31.1 Å². The van der Waals surface area contributed by atoms with Crippen LogP contribution in [0.1, 0.15) is 38.7 Å². The molecule has 0 aliphatic carbocycles. The zero-order chi connectivity index (χ0) is 19.4. The highest BCUT2D eigenvalue weighted by molar-refractivity contribution is 6.31. The predicted octanol–water partition coefficient (Wildman–Crippen LogP) is 4.30. The van der Waals surface area contributed by atoms with Crippen LogP contribution >= 0.6 is 11.6 Å². The van der Waals surface area contributed by atoms with Crippen molar-refractivity contribution in [3.05, 3.63) is 53.4 Å². The second-order valence-corrected chi connectivity index (χ2v) is 8.01. The first-order chi connectivity index (χ1) is 12.8. The number of nitrogens with zero attached hydrogens (tertiary/aromatic N) is 3. The van der Waals surface area contributed by atoms with Crippen molar-refractivity contribution in [1.82, 2.24) is 14.9 Å². The van der Waals surface area contributed by atoms with Gasteiger partial charge in [0.05, 0.1) is 6.04 Å². The smallest absolute Gasteiger partial charge is 0.410 e. The zero-order valence-corrected chi connectivity index (χ0v) is 16.5. The first-order valence-electron chi connectivity index (χ1n) is 8.96. The van der Waals surface area contributed by atoms with E-state index in [1.807, 2.05) is 39.1 Å². The van der Waals surface area contributed by atoms with Crippen LogP contribution < -0.4 is 4.74 Å². The van der Waals surface area contributed by atoms with E-state index in [9.17, 15) is 4.79 Å². The van der Waals surface area contributed by atoms with Crippen LogP contribution in [-0.2, 0) is 4.74 Å². The molecule has 3 heterocycles. The molecule has 144 valence electrons. The van der Waals surface area contributed by atoms with Gasteiger partial charge >= 0.3 is 6.09 Å². The normalized spacial score (nSPS) is 19.8. The van der Waals surface area contributed by atoms with Gasteiger partial charge in [-0.15, -0.1) is 0 Å². The fraction of sp³-hybridized carbons (Fsp3) is 0.450. The molecule has 6 nitrogen and oxygen atoms in total. The molecule has 2 aromatic rings. The van der Waals surface area contributed by atoms with Crippen LogP contribution in [0.3, 0.4) is 0 Å². The van der Waals surface area contributed by atoms with Crippen molar-refractivity contribution < 1.29 is 14.3 Å². The lowest BCUT2D eigenvalue weighted by atomic mass is 9.98.